The zero-order chi connectivity index (χ0) is 15.2. The number of rotatable bonds is 5. The molecule has 0 aliphatic carbocycles. The second-order valence-corrected chi connectivity index (χ2v) is 5.06. The Hall–Kier alpha value is -2.13. The van der Waals surface area contributed by atoms with Gasteiger partial charge in [0.1, 0.15) is 0 Å². The van der Waals surface area contributed by atoms with Crippen LogP contribution in [0.15, 0.2) is 54.6 Å². The third-order valence-electron chi connectivity index (χ3n) is 3.24. The van der Waals surface area contributed by atoms with Gasteiger partial charge >= 0.3 is 5.97 Å². The van der Waals surface area contributed by atoms with Crippen LogP contribution < -0.4 is 0 Å². The molecular formula is C17H15ClO3. The Labute approximate surface area is 128 Å². The fraction of sp³-hybridized carbons (Fsp3) is 0.176. The molecule has 0 fully saturated rings. The highest BCUT2D eigenvalue weighted by atomic mass is 35.5. The van der Waals surface area contributed by atoms with E-state index in [1.165, 1.54) is 7.11 Å². The van der Waals surface area contributed by atoms with Crippen molar-refractivity contribution in [2.75, 3.05) is 7.11 Å². The number of methoxy groups -OCH3 is 1. The lowest BCUT2D eigenvalue weighted by Gasteiger charge is -2.14. The number of hydrogen-bond donors (Lipinski definition) is 0. The minimum Gasteiger partial charge on any atom is -0.469 e. The molecule has 1 atom stereocenters. The van der Waals surface area contributed by atoms with Crippen molar-refractivity contribution in [2.45, 2.75) is 12.3 Å². The minimum atomic E-state index is -0.598. The third-order valence-corrected chi connectivity index (χ3v) is 3.50. The Bertz CT molecular complexity index is 620. The molecule has 4 heteroatoms. The van der Waals surface area contributed by atoms with Crippen molar-refractivity contribution < 1.29 is 14.3 Å². The first kappa shape index (κ1) is 15.3. The summed E-state index contributed by atoms with van der Waals surface area (Å²) in [6.45, 7) is 0. The van der Waals surface area contributed by atoms with Gasteiger partial charge in [0.2, 0.25) is 0 Å². The van der Waals surface area contributed by atoms with Crippen LogP contribution in [0.3, 0.4) is 0 Å². The van der Waals surface area contributed by atoms with E-state index in [2.05, 4.69) is 0 Å². The first-order chi connectivity index (χ1) is 10.1. The first-order valence-electron chi connectivity index (χ1n) is 6.53. The Kier molecular flexibility index (Phi) is 5.12. The highest BCUT2D eigenvalue weighted by Gasteiger charge is 2.24. The summed E-state index contributed by atoms with van der Waals surface area (Å²) in [5, 5.41) is 0.569. The summed E-state index contributed by atoms with van der Waals surface area (Å²) >= 11 is 5.81. The van der Waals surface area contributed by atoms with Gasteiger partial charge in [0.05, 0.1) is 13.0 Å². The highest BCUT2D eigenvalue weighted by Crippen LogP contribution is 2.23. The molecule has 2 aromatic carbocycles. The van der Waals surface area contributed by atoms with E-state index in [4.69, 9.17) is 16.3 Å². The number of Topliss-reactive ketones (excluding diaryl/α,β-unsaturated/α-hetero) is 1. The Morgan fingerprint density at radius 3 is 2.24 bits per heavy atom. The van der Waals surface area contributed by atoms with Crippen LogP contribution in [0.25, 0.3) is 0 Å². The molecule has 0 saturated heterocycles. The number of benzene rings is 2. The van der Waals surface area contributed by atoms with Gasteiger partial charge in [0.15, 0.2) is 5.78 Å². The van der Waals surface area contributed by atoms with Gasteiger partial charge in [-0.2, -0.15) is 0 Å². The Morgan fingerprint density at radius 1 is 1.05 bits per heavy atom. The van der Waals surface area contributed by atoms with E-state index in [0.717, 1.165) is 5.56 Å². The van der Waals surface area contributed by atoms with Gasteiger partial charge in [0, 0.05) is 17.0 Å². The van der Waals surface area contributed by atoms with Crippen molar-refractivity contribution >= 4 is 23.4 Å². The topological polar surface area (TPSA) is 43.4 Å². The van der Waals surface area contributed by atoms with Gasteiger partial charge in [-0.05, 0) is 29.8 Å². The molecule has 0 bridgehead atoms. The summed E-state index contributed by atoms with van der Waals surface area (Å²) < 4.78 is 4.81. The summed E-state index contributed by atoms with van der Waals surface area (Å²) in [5.74, 6) is -1.13. The zero-order valence-electron chi connectivity index (χ0n) is 11.6. The fourth-order valence-electron chi connectivity index (χ4n) is 2.10. The maximum Gasteiger partial charge on any atom is 0.313 e. The van der Waals surface area contributed by atoms with Crippen molar-refractivity contribution in [3.8, 4) is 0 Å². The second kappa shape index (κ2) is 7.04. The van der Waals surface area contributed by atoms with Crippen molar-refractivity contribution in [2.24, 2.45) is 0 Å². The number of carbonyl (C=O) groups excluding carboxylic acids is 2. The van der Waals surface area contributed by atoms with E-state index in [1.807, 2.05) is 30.3 Å². The molecule has 21 heavy (non-hydrogen) atoms. The summed E-state index contributed by atoms with van der Waals surface area (Å²) in [4.78, 5) is 24.2. The van der Waals surface area contributed by atoms with Crippen molar-refractivity contribution in [3.63, 3.8) is 0 Å². The normalized spacial score (nSPS) is 11.7. The van der Waals surface area contributed by atoms with Gasteiger partial charge in [-0.15, -0.1) is 0 Å². The van der Waals surface area contributed by atoms with Crippen LogP contribution in [0.5, 0.6) is 0 Å². The fourth-order valence-corrected chi connectivity index (χ4v) is 2.23. The standard InChI is InChI=1S/C17H15ClO3/c1-21-17(20)15(12-5-3-2-4-6-12)11-16(19)13-7-9-14(18)10-8-13/h2-10,15H,11H2,1H3/t15-/m1/s1. The maximum absolute atomic E-state index is 12.3. The van der Waals surface area contributed by atoms with Crippen LogP contribution in [-0.4, -0.2) is 18.9 Å². The summed E-state index contributed by atoms with van der Waals surface area (Å²) in [7, 11) is 1.32. The quantitative estimate of drug-likeness (QED) is 0.622. The van der Waals surface area contributed by atoms with Crippen LogP contribution in [0.1, 0.15) is 28.3 Å². The molecule has 0 saturated carbocycles. The minimum absolute atomic E-state index is 0.0678. The van der Waals surface area contributed by atoms with Gasteiger partial charge < -0.3 is 4.74 Å². The van der Waals surface area contributed by atoms with E-state index >= 15 is 0 Å². The monoisotopic (exact) mass is 302 g/mol. The molecular weight excluding hydrogens is 288 g/mol. The molecule has 2 rings (SSSR count). The number of halogens is 1. The molecule has 0 aliphatic rings. The average molecular weight is 303 g/mol. The lowest BCUT2D eigenvalue weighted by atomic mass is 9.91. The number of ketones is 1. The molecule has 3 nitrogen and oxygen atoms in total. The van der Waals surface area contributed by atoms with Crippen LogP contribution in [0.2, 0.25) is 5.02 Å². The summed E-state index contributed by atoms with van der Waals surface area (Å²) in [6, 6.07) is 15.8. The smallest absolute Gasteiger partial charge is 0.313 e. The third kappa shape index (κ3) is 3.92. The van der Waals surface area contributed by atoms with Crippen molar-refractivity contribution in [3.05, 3.63) is 70.7 Å². The lowest BCUT2D eigenvalue weighted by Crippen LogP contribution is -2.18. The van der Waals surface area contributed by atoms with E-state index in [0.29, 0.717) is 10.6 Å². The van der Waals surface area contributed by atoms with E-state index in [1.54, 1.807) is 24.3 Å². The molecule has 0 unspecified atom stereocenters. The molecule has 0 spiro atoms. The Morgan fingerprint density at radius 2 is 1.67 bits per heavy atom. The van der Waals surface area contributed by atoms with Crippen LogP contribution in [-0.2, 0) is 9.53 Å². The first-order valence-corrected chi connectivity index (χ1v) is 6.91. The van der Waals surface area contributed by atoms with E-state index in [-0.39, 0.29) is 12.2 Å². The van der Waals surface area contributed by atoms with Gasteiger partial charge in [-0.1, -0.05) is 41.9 Å². The van der Waals surface area contributed by atoms with Crippen molar-refractivity contribution in [1.82, 2.24) is 0 Å². The number of esters is 1. The van der Waals surface area contributed by atoms with E-state index in [9.17, 15) is 9.59 Å². The molecule has 0 amide bonds. The zero-order valence-corrected chi connectivity index (χ0v) is 12.3. The second-order valence-electron chi connectivity index (χ2n) is 4.62. The molecule has 0 aliphatic heterocycles. The molecule has 0 N–H and O–H groups in total. The SMILES string of the molecule is COC(=O)[C@H](CC(=O)c1ccc(Cl)cc1)c1ccccc1. The molecule has 0 radical (unpaired) electrons. The van der Waals surface area contributed by atoms with Gasteiger partial charge in [-0.25, -0.2) is 0 Å². The highest BCUT2D eigenvalue weighted by molar-refractivity contribution is 6.30. The molecule has 2 aromatic rings. The van der Waals surface area contributed by atoms with Crippen LogP contribution in [0.4, 0.5) is 0 Å². The number of carbonyl (C=O) groups is 2. The average Bonchev–Trinajstić information content (AvgIpc) is 2.53. The molecule has 108 valence electrons. The maximum atomic E-state index is 12.3. The van der Waals surface area contributed by atoms with E-state index < -0.39 is 11.9 Å². The van der Waals surface area contributed by atoms with Crippen LogP contribution in [0, 0.1) is 0 Å². The lowest BCUT2D eigenvalue weighted by molar-refractivity contribution is -0.142. The van der Waals surface area contributed by atoms with Crippen LogP contribution >= 0.6 is 11.6 Å². The number of ether oxygens (including phenoxy) is 1. The van der Waals surface area contributed by atoms with Gasteiger partial charge in [0.25, 0.3) is 0 Å². The summed E-state index contributed by atoms with van der Waals surface area (Å²) in [5.41, 5.74) is 1.30. The predicted octanol–water partition coefficient (Wildman–Crippen LogP) is 3.87. The number of hydrogen-bond acceptors (Lipinski definition) is 3. The molecule has 0 aromatic heterocycles. The largest absolute Gasteiger partial charge is 0.469 e. The molecule has 0 heterocycles. The predicted molar refractivity (Wildman–Crippen MR) is 81.6 cm³/mol. The Balaban J connectivity index is 2.21. The summed E-state index contributed by atoms with van der Waals surface area (Å²) in [6.07, 6.45) is 0.0678. The van der Waals surface area contributed by atoms with Crippen molar-refractivity contribution in [1.29, 1.82) is 0 Å². The van der Waals surface area contributed by atoms with Gasteiger partial charge in [-0.3, -0.25) is 9.59 Å².